The van der Waals surface area contributed by atoms with Crippen molar-refractivity contribution in [2.24, 2.45) is 0 Å². The third-order valence-corrected chi connectivity index (χ3v) is 10.3. The van der Waals surface area contributed by atoms with Crippen LogP contribution in [0.3, 0.4) is 0 Å². The van der Waals surface area contributed by atoms with Crippen molar-refractivity contribution in [1.29, 1.82) is 0 Å². The molecular weight excluding hydrogens is 613 g/mol. The van der Waals surface area contributed by atoms with Gasteiger partial charge in [0.25, 0.3) is 0 Å². The van der Waals surface area contributed by atoms with Crippen LogP contribution in [-0.4, -0.2) is 4.98 Å². The average molecular weight is 645 g/mol. The quantitative estimate of drug-likeness (QED) is 0.187. The van der Waals surface area contributed by atoms with Gasteiger partial charge in [0, 0.05) is 33.0 Å². The van der Waals surface area contributed by atoms with Gasteiger partial charge >= 0.3 is 0 Å². The van der Waals surface area contributed by atoms with Crippen LogP contribution < -0.4 is 4.90 Å². The molecule has 0 fully saturated rings. The molecule has 9 aromatic rings. The summed E-state index contributed by atoms with van der Waals surface area (Å²) in [7, 11) is 0. The third-order valence-electron chi connectivity index (χ3n) is 10.3. The van der Waals surface area contributed by atoms with Crippen LogP contribution in [0.15, 0.2) is 167 Å². The van der Waals surface area contributed by atoms with E-state index in [1.54, 1.807) is 0 Å². The van der Waals surface area contributed by atoms with Crippen LogP contribution >= 0.6 is 0 Å². The maximum Gasteiger partial charge on any atom is 0.227 e. The Morgan fingerprint density at radius 3 is 2.06 bits per heavy atom. The summed E-state index contributed by atoms with van der Waals surface area (Å²) in [6.07, 6.45) is 0. The number of hydrogen-bond acceptors (Lipinski definition) is 4. The average Bonchev–Trinajstić information content (AvgIpc) is 3.83. The molecule has 0 bridgehead atoms. The van der Waals surface area contributed by atoms with Crippen molar-refractivity contribution in [2.75, 3.05) is 4.90 Å². The molecule has 0 aliphatic heterocycles. The van der Waals surface area contributed by atoms with Crippen LogP contribution in [-0.2, 0) is 5.41 Å². The second kappa shape index (κ2) is 10.8. The van der Waals surface area contributed by atoms with Crippen molar-refractivity contribution in [3.05, 3.63) is 169 Å². The van der Waals surface area contributed by atoms with Crippen molar-refractivity contribution >= 4 is 50.1 Å². The van der Waals surface area contributed by atoms with Gasteiger partial charge in [0.05, 0.1) is 5.69 Å². The van der Waals surface area contributed by atoms with E-state index in [4.69, 9.17) is 13.8 Å². The van der Waals surface area contributed by atoms with Crippen LogP contribution in [0.25, 0.3) is 66.7 Å². The highest BCUT2D eigenvalue weighted by atomic mass is 16.4. The molecule has 0 radical (unpaired) electrons. The second-order valence-electron chi connectivity index (χ2n) is 13.6. The Hall–Kier alpha value is -6.39. The van der Waals surface area contributed by atoms with Crippen molar-refractivity contribution in [1.82, 2.24) is 4.98 Å². The molecule has 7 aromatic carbocycles. The number of benzene rings is 7. The minimum absolute atomic E-state index is 0.172. The van der Waals surface area contributed by atoms with Crippen LogP contribution in [0.5, 0.6) is 0 Å². The number of nitrogens with zero attached hydrogens (tertiary/aromatic N) is 2. The number of oxazole rings is 1. The van der Waals surface area contributed by atoms with E-state index < -0.39 is 0 Å². The Morgan fingerprint density at radius 2 is 1.22 bits per heavy atom. The van der Waals surface area contributed by atoms with Gasteiger partial charge in [-0.05, 0) is 70.3 Å². The largest absolute Gasteiger partial charge is 0.454 e. The zero-order valence-electron chi connectivity index (χ0n) is 27.7. The molecule has 0 atom stereocenters. The SMILES string of the molecule is CC1(C)c2ccccc2-c2c(N(c3cccc(-c4ccccc4)c3)c3c4nc(-c5ccccc5)oc4cc4c3oc3ccccc34)cccc21. The Bertz CT molecular complexity index is 2740. The maximum absolute atomic E-state index is 6.85. The molecule has 4 heteroatoms. The lowest BCUT2D eigenvalue weighted by Gasteiger charge is -2.29. The number of hydrogen-bond donors (Lipinski definition) is 0. The van der Waals surface area contributed by atoms with Crippen LogP contribution in [0.1, 0.15) is 25.0 Å². The molecular formula is C46H32N2O2. The zero-order valence-corrected chi connectivity index (χ0v) is 27.7. The molecule has 0 unspecified atom stereocenters. The summed E-state index contributed by atoms with van der Waals surface area (Å²) in [5.41, 5.74) is 14.0. The first-order valence-corrected chi connectivity index (χ1v) is 17.1. The molecule has 0 amide bonds. The van der Waals surface area contributed by atoms with E-state index >= 15 is 0 Å². The topological polar surface area (TPSA) is 42.4 Å². The lowest BCUT2D eigenvalue weighted by atomic mass is 9.82. The molecule has 238 valence electrons. The Kier molecular flexibility index (Phi) is 6.19. The van der Waals surface area contributed by atoms with Gasteiger partial charge < -0.3 is 13.7 Å². The Labute approximate surface area is 289 Å². The molecule has 1 aliphatic rings. The van der Waals surface area contributed by atoms with Gasteiger partial charge in [-0.15, -0.1) is 0 Å². The maximum atomic E-state index is 6.85. The van der Waals surface area contributed by atoms with Crippen molar-refractivity contribution in [2.45, 2.75) is 19.3 Å². The molecule has 0 spiro atoms. The van der Waals surface area contributed by atoms with E-state index in [1.807, 2.05) is 42.5 Å². The molecule has 2 aromatic heterocycles. The molecule has 1 aliphatic carbocycles. The van der Waals surface area contributed by atoms with Gasteiger partial charge in [-0.25, -0.2) is 4.98 Å². The number of fused-ring (bicyclic) bond motifs is 7. The molecule has 4 nitrogen and oxygen atoms in total. The van der Waals surface area contributed by atoms with E-state index in [1.165, 1.54) is 22.3 Å². The van der Waals surface area contributed by atoms with Crippen molar-refractivity contribution < 1.29 is 8.83 Å². The van der Waals surface area contributed by atoms with Crippen LogP contribution in [0, 0.1) is 0 Å². The Morgan fingerprint density at radius 1 is 0.540 bits per heavy atom. The number of anilines is 3. The first-order valence-electron chi connectivity index (χ1n) is 17.1. The minimum atomic E-state index is -0.172. The predicted molar refractivity (Wildman–Crippen MR) is 204 cm³/mol. The molecule has 0 saturated heterocycles. The number of rotatable bonds is 5. The van der Waals surface area contributed by atoms with Gasteiger partial charge in [0.1, 0.15) is 16.8 Å². The third kappa shape index (κ3) is 4.21. The summed E-state index contributed by atoms with van der Waals surface area (Å²) < 4.78 is 13.5. The predicted octanol–water partition coefficient (Wildman–Crippen LogP) is 12.8. The molecule has 0 saturated carbocycles. The lowest BCUT2D eigenvalue weighted by molar-refractivity contribution is 0.620. The number of aromatic nitrogens is 1. The van der Waals surface area contributed by atoms with Gasteiger partial charge in [-0.1, -0.05) is 129 Å². The van der Waals surface area contributed by atoms with Gasteiger partial charge in [0.15, 0.2) is 11.2 Å². The van der Waals surface area contributed by atoms with E-state index in [0.29, 0.717) is 11.5 Å². The fraction of sp³-hybridized carbons (Fsp3) is 0.0652. The molecule has 50 heavy (non-hydrogen) atoms. The fourth-order valence-electron chi connectivity index (χ4n) is 7.90. The summed E-state index contributed by atoms with van der Waals surface area (Å²) in [4.78, 5) is 7.61. The molecule has 10 rings (SSSR count). The first kappa shape index (κ1) is 28.6. The van der Waals surface area contributed by atoms with Gasteiger partial charge in [-0.3, -0.25) is 0 Å². The fourth-order valence-corrected chi connectivity index (χ4v) is 7.90. The van der Waals surface area contributed by atoms with Crippen LogP contribution in [0.4, 0.5) is 17.1 Å². The van der Waals surface area contributed by atoms with Gasteiger partial charge in [-0.2, -0.15) is 0 Å². The van der Waals surface area contributed by atoms with E-state index in [-0.39, 0.29) is 5.41 Å². The summed E-state index contributed by atoms with van der Waals surface area (Å²) in [6.45, 7) is 4.65. The highest BCUT2D eigenvalue weighted by molar-refractivity contribution is 6.18. The van der Waals surface area contributed by atoms with E-state index in [9.17, 15) is 0 Å². The smallest absolute Gasteiger partial charge is 0.227 e. The molecule has 2 heterocycles. The summed E-state index contributed by atoms with van der Waals surface area (Å²) in [5.74, 6) is 0.571. The lowest BCUT2D eigenvalue weighted by Crippen LogP contribution is -2.16. The normalized spacial score (nSPS) is 13.2. The van der Waals surface area contributed by atoms with E-state index in [0.717, 1.165) is 61.2 Å². The van der Waals surface area contributed by atoms with Gasteiger partial charge in [0.2, 0.25) is 5.89 Å². The highest BCUT2D eigenvalue weighted by Crippen LogP contribution is 2.56. The summed E-state index contributed by atoms with van der Waals surface area (Å²) >= 11 is 0. The first-order chi connectivity index (χ1) is 24.6. The minimum Gasteiger partial charge on any atom is -0.454 e. The number of para-hydroxylation sites is 1. The summed E-state index contributed by atoms with van der Waals surface area (Å²) in [5, 5.41) is 2.02. The highest BCUT2D eigenvalue weighted by Gasteiger charge is 2.38. The summed E-state index contributed by atoms with van der Waals surface area (Å²) in [6, 6.07) is 55.2. The monoisotopic (exact) mass is 644 g/mol. The molecule has 0 N–H and O–H groups in total. The standard InChI is InChI=1S/C46H32N2O2/c1-46(2)36-23-11-9-22-34(36)41-37(46)24-14-25-38(41)48(32-20-13-19-31(27-32)29-15-5-3-6-16-29)43-42-40(50-45(47-42)30-17-7-4-8-18-30)28-35-33-21-10-12-26-39(33)49-44(35)43/h3-28H,1-2H3. The van der Waals surface area contributed by atoms with Crippen LogP contribution in [0.2, 0.25) is 0 Å². The van der Waals surface area contributed by atoms with E-state index in [2.05, 4.69) is 134 Å². The zero-order chi connectivity index (χ0) is 33.4. The Balaban J connectivity index is 1.35. The van der Waals surface area contributed by atoms with Crippen molar-refractivity contribution in [3.8, 4) is 33.7 Å². The second-order valence-corrected chi connectivity index (χ2v) is 13.6. The number of furan rings is 1. The van der Waals surface area contributed by atoms with Crippen molar-refractivity contribution in [3.63, 3.8) is 0 Å².